The Balaban J connectivity index is 2.38. The molecule has 3 aromatic rings. The van der Waals surface area contributed by atoms with Crippen LogP contribution in [0.25, 0.3) is 16.7 Å². The summed E-state index contributed by atoms with van der Waals surface area (Å²) in [4.78, 5) is 0. The minimum Gasteiger partial charge on any atom is -0.206 e. The summed E-state index contributed by atoms with van der Waals surface area (Å²) in [7, 11) is 0. The quantitative estimate of drug-likeness (QED) is 0.162. The summed E-state index contributed by atoms with van der Waals surface area (Å²) < 4.78 is 164. The Bertz CT molecular complexity index is 2060. The van der Waals surface area contributed by atoms with E-state index in [9.17, 15) is 37.7 Å². The highest BCUT2D eigenvalue weighted by Crippen LogP contribution is 2.57. The van der Waals surface area contributed by atoms with E-state index in [-0.39, 0.29) is 0 Å². The molecule has 6 nitrogen and oxygen atoms in total. The average Bonchev–Trinajstić information content (AvgIpc) is 3.78. The molecule has 4 rings (SSSR count). The predicted molar refractivity (Wildman–Crippen MR) is 135 cm³/mol. The molecule has 1 aliphatic carbocycles. The maximum atomic E-state index is 15.4. The monoisotopic (exact) mass is 668 g/mol. The van der Waals surface area contributed by atoms with Gasteiger partial charge in [0.1, 0.15) is 53.4 Å². The molecule has 0 N–H and O–H groups in total. The molecule has 0 saturated heterocycles. The van der Waals surface area contributed by atoms with Crippen LogP contribution in [0.2, 0.25) is 0 Å². The van der Waals surface area contributed by atoms with Crippen LogP contribution in [0.5, 0.6) is 0 Å². The lowest BCUT2D eigenvalue weighted by Gasteiger charge is -2.09. The van der Waals surface area contributed by atoms with Gasteiger partial charge in [-0.3, -0.25) is 0 Å². The van der Waals surface area contributed by atoms with Gasteiger partial charge in [0.2, 0.25) is 0 Å². The fourth-order valence-corrected chi connectivity index (χ4v) is 4.68. The first-order chi connectivity index (χ1) is 22.6. The minimum atomic E-state index is -2.47. The fourth-order valence-electron chi connectivity index (χ4n) is 4.68. The predicted octanol–water partition coefficient (Wildman–Crippen LogP) is 7.39. The molecule has 0 bridgehead atoms. The number of rotatable bonds is 3. The Labute approximate surface area is 259 Å². The van der Waals surface area contributed by atoms with Crippen LogP contribution >= 0.6 is 0 Å². The van der Waals surface area contributed by atoms with E-state index in [0.717, 1.165) is 43.3 Å². The highest BCUT2D eigenvalue weighted by molar-refractivity contribution is 6.12. The molecule has 0 atom stereocenters. The zero-order valence-corrected chi connectivity index (χ0v) is 22.8. The molecule has 0 aromatic heterocycles. The molecule has 234 valence electrons. The van der Waals surface area contributed by atoms with E-state index < -0.39 is 136 Å². The summed E-state index contributed by atoms with van der Waals surface area (Å²) in [6.07, 6.45) is 0. The Kier molecular flexibility index (Phi) is 8.55. The summed E-state index contributed by atoms with van der Waals surface area (Å²) in [6.45, 7) is 0.724. The van der Waals surface area contributed by atoms with Gasteiger partial charge in [0.15, 0.2) is 58.2 Å². The number of nitrogens with zero attached hydrogens (tertiary/aromatic N) is 6. The molecule has 48 heavy (non-hydrogen) atoms. The molecular formula is C31H3F11N6. The van der Waals surface area contributed by atoms with Crippen molar-refractivity contribution in [2.45, 2.75) is 6.92 Å². The van der Waals surface area contributed by atoms with Gasteiger partial charge < -0.3 is 0 Å². The second-order valence-corrected chi connectivity index (χ2v) is 9.25. The van der Waals surface area contributed by atoms with Crippen LogP contribution in [0.15, 0.2) is 16.7 Å². The summed E-state index contributed by atoms with van der Waals surface area (Å²) >= 11 is 0. The fraction of sp³-hybridized carbons (Fsp3) is 0.0323. The topological polar surface area (TPSA) is 143 Å². The third kappa shape index (κ3) is 4.58. The van der Waals surface area contributed by atoms with Crippen molar-refractivity contribution in [1.29, 1.82) is 31.6 Å². The van der Waals surface area contributed by atoms with Gasteiger partial charge >= 0.3 is 0 Å². The number of nitriles is 6. The highest BCUT2D eigenvalue weighted by Gasteiger charge is 2.46. The summed E-state index contributed by atoms with van der Waals surface area (Å²) in [5.41, 5.74) is -20.3. The average molecular weight is 668 g/mol. The van der Waals surface area contributed by atoms with E-state index in [0.29, 0.717) is 0 Å². The number of hydrogen-bond acceptors (Lipinski definition) is 6. The van der Waals surface area contributed by atoms with Crippen LogP contribution in [0.1, 0.15) is 38.9 Å². The minimum absolute atomic E-state index is 0.724. The van der Waals surface area contributed by atoms with Crippen LogP contribution in [0.3, 0.4) is 0 Å². The summed E-state index contributed by atoms with van der Waals surface area (Å²) in [6, 6.07) is 5.92. The number of benzene rings is 3. The molecule has 1 aliphatic rings. The Hall–Kier alpha value is -6.95. The van der Waals surface area contributed by atoms with Gasteiger partial charge in [0, 0.05) is 22.3 Å². The van der Waals surface area contributed by atoms with Crippen molar-refractivity contribution in [2.75, 3.05) is 0 Å². The number of halogens is 11. The molecule has 17 heteroatoms. The normalized spacial score (nSPS) is 14.9. The molecule has 3 aromatic carbocycles. The Morgan fingerprint density at radius 1 is 0.354 bits per heavy atom. The maximum absolute atomic E-state index is 15.4. The van der Waals surface area contributed by atoms with E-state index >= 15 is 26.3 Å². The zero-order valence-electron chi connectivity index (χ0n) is 22.8. The lowest BCUT2D eigenvalue weighted by Crippen LogP contribution is -2.06. The first kappa shape index (κ1) is 33.9. The van der Waals surface area contributed by atoms with E-state index in [1.165, 1.54) is 0 Å². The van der Waals surface area contributed by atoms with Crippen LogP contribution in [0, 0.1) is 139 Å². The van der Waals surface area contributed by atoms with Crippen LogP contribution < -0.4 is 0 Å². The van der Waals surface area contributed by atoms with E-state index in [4.69, 9.17) is 15.8 Å². The standard InChI is InChI=1S/C31H3F11N6/c1-8-9(2-43)22(33)27(38)18(21(8)32)10(3-44)15-16(11(4-45)19-28(39)23(34)13(6-47)24(35)29(19)40)17(15)12(5-46)20-30(41)25(36)14(7-48)26(37)31(20)42/h1H3/b15-10-,16-11?,17-12-. The third-order valence-corrected chi connectivity index (χ3v) is 6.94. The second kappa shape index (κ2) is 12.1. The molecule has 0 aliphatic heterocycles. The van der Waals surface area contributed by atoms with Crippen molar-refractivity contribution in [2.24, 2.45) is 0 Å². The van der Waals surface area contributed by atoms with E-state index in [1.54, 1.807) is 0 Å². The SMILES string of the molecule is Cc1c(F)c(/C(C#N)=C2/C(=C(C#N)c3c(F)c(F)c(C#N)c(F)c3F)/C2=C(/C#N)c2c(F)c(F)c(C#N)c(F)c2F)c(F)c(F)c1C#N. The Morgan fingerprint density at radius 2 is 0.583 bits per heavy atom. The maximum Gasteiger partial charge on any atom is 0.180 e. The molecular weight excluding hydrogens is 665 g/mol. The van der Waals surface area contributed by atoms with Crippen molar-refractivity contribution in [3.63, 3.8) is 0 Å². The molecule has 0 unspecified atom stereocenters. The lowest BCUT2D eigenvalue weighted by molar-refractivity contribution is 0.446. The lowest BCUT2D eigenvalue weighted by atomic mass is 9.96. The van der Waals surface area contributed by atoms with Gasteiger partial charge in [-0.05, 0) is 6.92 Å². The van der Waals surface area contributed by atoms with Gasteiger partial charge in [-0.2, -0.15) is 31.6 Å². The molecule has 1 saturated carbocycles. The molecule has 0 heterocycles. The van der Waals surface area contributed by atoms with Crippen LogP contribution in [-0.4, -0.2) is 0 Å². The third-order valence-electron chi connectivity index (χ3n) is 6.94. The van der Waals surface area contributed by atoms with Gasteiger partial charge in [-0.15, -0.1) is 0 Å². The van der Waals surface area contributed by atoms with Crippen molar-refractivity contribution in [3.8, 4) is 36.4 Å². The molecule has 1 fully saturated rings. The van der Waals surface area contributed by atoms with Crippen molar-refractivity contribution in [1.82, 2.24) is 0 Å². The van der Waals surface area contributed by atoms with Crippen LogP contribution in [0.4, 0.5) is 48.3 Å². The largest absolute Gasteiger partial charge is 0.206 e. The first-order valence-electron chi connectivity index (χ1n) is 12.2. The van der Waals surface area contributed by atoms with Crippen molar-refractivity contribution >= 4 is 16.7 Å². The van der Waals surface area contributed by atoms with E-state index in [1.807, 2.05) is 0 Å². The highest BCUT2D eigenvalue weighted by atomic mass is 19.2. The van der Waals surface area contributed by atoms with Gasteiger partial charge in [0.25, 0.3) is 0 Å². The first-order valence-corrected chi connectivity index (χ1v) is 12.2. The smallest absolute Gasteiger partial charge is 0.180 e. The summed E-state index contributed by atoms with van der Waals surface area (Å²) in [5.74, 6) is -25.7. The summed E-state index contributed by atoms with van der Waals surface area (Å²) in [5, 5.41) is 56.4. The molecule has 0 spiro atoms. The molecule has 0 radical (unpaired) electrons. The van der Waals surface area contributed by atoms with Crippen molar-refractivity contribution < 1.29 is 48.3 Å². The van der Waals surface area contributed by atoms with Gasteiger partial charge in [-0.1, -0.05) is 0 Å². The number of hydrogen-bond donors (Lipinski definition) is 0. The zero-order chi connectivity index (χ0) is 36.1. The van der Waals surface area contributed by atoms with Gasteiger partial charge in [-0.25, -0.2) is 48.3 Å². The second-order valence-electron chi connectivity index (χ2n) is 9.25. The Morgan fingerprint density at radius 3 is 0.812 bits per heavy atom. The van der Waals surface area contributed by atoms with Crippen LogP contribution in [-0.2, 0) is 0 Å². The van der Waals surface area contributed by atoms with E-state index in [2.05, 4.69) is 0 Å². The van der Waals surface area contributed by atoms with Gasteiger partial charge in [0.05, 0.1) is 39.0 Å². The number of allylic oxidation sites excluding steroid dienone is 6. The molecule has 0 amide bonds. The van der Waals surface area contributed by atoms with Crippen molar-refractivity contribution in [3.05, 3.63) is 120 Å².